The van der Waals surface area contributed by atoms with Crippen LogP contribution < -0.4 is 5.32 Å². The van der Waals surface area contributed by atoms with Gasteiger partial charge in [-0.1, -0.05) is 91.0 Å². The summed E-state index contributed by atoms with van der Waals surface area (Å²) in [6.07, 6.45) is -0.571. The Bertz CT molecular complexity index is 1130. The predicted molar refractivity (Wildman–Crippen MR) is 140 cm³/mol. The molecule has 0 unspecified atom stereocenters. The van der Waals surface area contributed by atoms with Crippen LogP contribution in [0.15, 0.2) is 91.0 Å². The maximum Gasteiger partial charge on any atom is 0.327 e. The van der Waals surface area contributed by atoms with Gasteiger partial charge in [-0.15, -0.1) is 0 Å². The first kappa shape index (κ1) is 28.1. The van der Waals surface area contributed by atoms with E-state index in [0.717, 1.165) is 0 Å². The van der Waals surface area contributed by atoms with Crippen molar-refractivity contribution in [1.29, 1.82) is 0 Å². The van der Waals surface area contributed by atoms with Crippen molar-refractivity contribution in [2.45, 2.75) is 31.7 Å². The molecule has 3 aromatic carbocycles. The Labute approximate surface area is 221 Å². The average Bonchev–Trinajstić information content (AvgIpc) is 2.93. The summed E-state index contributed by atoms with van der Waals surface area (Å²) in [5.74, 6) is -5.35. The van der Waals surface area contributed by atoms with Crippen LogP contribution in [0.4, 0.5) is 0 Å². The second-order valence-electron chi connectivity index (χ2n) is 8.51. The van der Waals surface area contributed by atoms with Crippen molar-refractivity contribution < 1.29 is 33.8 Å². The first-order valence-corrected chi connectivity index (χ1v) is 12.4. The molecule has 3 rings (SSSR count). The molecule has 0 radical (unpaired) electrons. The summed E-state index contributed by atoms with van der Waals surface area (Å²) in [4.78, 5) is 52.0. The maximum atomic E-state index is 14.4. The van der Waals surface area contributed by atoms with Crippen molar-refractivity contribution in [2.75, 3.05) is 13.2 Å². The van der Waals surface area contributed by atoms with E-state index in [1.54, 1.807) is 86.6 Å². The third kappa shape index (κ3) is 6.08. The molecular formula is C30H31NO7. The van der Waals surface area contributed by atoms with Crippen molar-refractivity contribution in [2.24, 2.45) is 5.92 Å². The van der Waals surface area contributed by atoms with Crippen molar-refractivity contribution >= 4 is 23.8 Å². The molecule has 0 saturated heterocycles. The fourth-order valence-corrected chi connectivity index (χ4v) is 4.53. The van der Waals surface area contributed by atoms with Gasteiger partial charge in [0.2, 0.25) is 5.91 Å². The summed E-state index contributed by atoms with van der Waals surface area (Å²) < 4.78 is 10.0. The molecule has 38 heavy (non-hydrogen) atoms. The van der Waals surface area contributed by atoms with Gasteiger partial charge in [0, 0.05) is 0 Å². The van der Waals surface area contributed by atoms with Gasteiger partial charge in [-0.3, -0.25) is 14.4 Å². The van der Waals surface area contributed by atoms with Gasteiger partial charge in [-0.2, -0.15) is 0 Å². The average molecular weight is 518 g/mol. The van der Waals surface area contributed by atoms with Gasteiger partial charge >= 0.3 is 17.9 Å². The Hall–Kier alpha value is -4.46. The fraction of sp³-hybridized carbons (Fsp3) is 0.267. The number of carboxylic acid groups (broad SMARTS) is 1. The number of nitrogens with one attached hydrogen (secondary N) is 1. The minimum absolute atomic E-state index is 0.0274. The van der Waals surface area contributed by atoms with Crippen LogP contribution in [-0.4, -0.2) is 48.2 Å². The lowest BCUT2D eigenvalue weighted by Crippen LogP contribution is -2.56. The monoisotopic (exact) mass is 517 g/mol. The molecule has 198 valence electrons. The zero-order chi connectivity index (χ0) is 27.5. The zero-order valence-corrected chi connectivity index (χ0v) is 21.3. The second kappa shape index (κ2) is 13.2. The number of hydrogen-bond donors (Lipinski definition) is 2. The SMILES string of the molecule is CCOC(=O)C[C@H](C(=O)OCC)[C@@H](NC(=O)C(c1ccccc1)(c1ccccc1)c1ccccc1)C(=O)O. The van der Waals surface area contributed by atoms with Crippen molar-refractivity contribution in [3.63, 3.8) is 0 Å². The van der Waals surface area contributed by atoms with E-state index >= 15 is 0 Å². The van der Waals surface area contributed by atoms with Crippen molar-refractivity contribution in [3.8, 4) is 0 Å². The zero-order valence-electron chi connectivity index (χ0n) is 21.3. The van der Waals surface area contributed by atoms with Gasteiger partial charge in [0.15, 0.2) is 0 Å². The third-order valence-electron chi connectivity index (χ3n) is 6.20. The Morgan fingerprint density at radius 2 is 1.16 bits per heavy atom. The molecule has 0 heterocycles. The first-order valence-electron chi connectivity index (χ1n) is 12.4. The molecular weight excluding hydrogens is 486 g/mol. The van der Waals surface area contributed by atoms with Gasteiger partial charge in [-0.05, 0) is 30.5 Å². The smallest absolute Gasteiger partial charge is 0.327 e. The van der Waals surface area contributed by atoms with Gasteiger partial charge in [0.05, 0.1) is 25.6 Å². The van der Waals surface area contributed by atoms with Gasteiger partial charge in [0.1, 0.15) is 11.5 Å². The lowest BCUT2D eigenvalue weighted by Gasteiger charge is -2.36. The van der Waals surface area contributed by atoms with Crippen molar-refractivity contribution in [3.05, 3.63) is 108 Å². The number of carboxylic acids is 1. The van der Waals surface area contributed by atoms with Gasteiger partial charge in [0.25, 0.3) is 0 Å². The Morgan fingerprint density at radius 1 is 0.737 bits per heavy atom. The van der Waals surface area contributed by atoms with Crippen LogP contribution in [0.2, 0.25) is 0 Å². The predicted octanol–water partition coefficient (Wildman–Crippen LogP) is 3.72. The fourth-order valence-electron chi connectivity index (χ4n) is 4.53. The normalized spacial score (nSPS) is 12.6. The lowest BCUT2D eigenvalue weighted by atomic mass is 9.68. The summed E-state index contributed by atoms with van der Waals surface area (Å²) in [6.45, 7) is 3.19. The molecule has 3 aromatic rings. The molecule has 2 N–H and O–H groups in total. The molecule has 0 fully saturated rings. The van der Waals surface area contributed by atoms with Crippen LogP contribution in [0.3, 0.4) is 0 Å². The van der Waals surface area contributed by atoms with E-state index in [0.29, 0.717) is 16.7 Å². The Morgan fingerprint density at radius 3 is 1.53 bits per heavy atom. The Balaban J connectivity index is 2.19. The largest absolute Gasteiger partial charge is 0.480 e. The molecule has 0 aliphatic rings. The number of esters is 2. The molecule has 0 bridgehead atoms. The molecule has 8 heteroatoms. The molecule has 2 atom stereocenters. The highest BCUT2D eigenvalue weighted by atomic mass is 16.5. The van der Waals surface area contributed by atoms with E-state index in [-0.39, 0.29) is 13.2 Å². The van der Waals surface area contributed by atoms with E-state index in [2.05, 4.69) is 5.32 Å². The van der Waals surface area contributed by atoms with E-state index in [4.69, 9.17) is 9.47 Å². The molecule has 0 aliphatic heterocycles. The molecule has 0 spiro atoms. The number of benzene rings is 3. The maximum absolute atomic E-state index is 14.4. The molecule has 1 amide bonds. The summed E-state index contributed by atoms with van der Waals surface area (Å²) in [7, 11) is 0. The van der Waals surface area contributed by atoms with Crippen LogP contribution in [0, 0.1) is 5.92 Å². The molecule has 0 aromatic heterocycles. The van der Waals surface area contributed by atoms with Crippen LogP contribution >= 0.6 is 0 Å². The van der Waals surface area contributed by atoms with Crippen molar-refractivity contribution in [1.82, 2.24) is 5.32 Å². The number of carbonyl (C=O) groups is 4. The van der Waals surface area contributed by atoms with Crippen LogP contribution in [0.25, 0.3) is 0 Å². The lowest BCUT2D eigenvalue weighted by molar-refractivity contribution is -0.160. The Kier molecular flexibility index (Phi) is 9.76. The standard InChI is InChI=1S/C30H31NO7/c1-3-37-25(32)20-24(28(35)38-4-2)26(27(33)34)31-29(36)30(21-14-8-5-9-15-21,22-16-10-6-11-17-22)23-18-12-7-13-19-23/h5-19,24,26H,3-4,20H2,1-2H3,(H,31,36)(H,33,34)/t24-,26+/m0/s1. The third-order valence-corrected chi connectivity index (χ3v) is 6.20. The quantitative estimate of drug-likeness (QED) is 0.278. The minimum atomic E-state index is -1.76. The molecule has 8 nitrogen and oxygen atoms in total. The number of aliphatic carboxylic acids is 1. The molecule has 0 aliphatic carbocycles. The number of hydrogen-bond acceptors (Lipinski definition) is 6. The minimum Gasteiger partial charge on any atom is -0.480 e. The topological polar surface area (TPSA) is 119 Å². The molecule has 0 saturated carbocycles. The summed E-state index contributed by atoms with van der Waals surface area (Å²) >= 11 is 0. The second-order valence-corrected chi connectivity index (χ2v) is 8.51. The number of ether oxygens (including phenoxy) is 2. The summed E-state index contributed by atoms with van der Waals surface area (Å²) in [5, 5.41) is 12.7. The highest BCUT2D eigenvalue weighted by Crippen LogP contribution is 2.40. The first-order chi connectivity index (χ1) is 18.4. The number of rotatable bonds is 12. The van der Waals surface area contributed by atoms with Gasteiger partial charge in [-0.25, -0.2) is 4.79 Å². The van der Waals surface area contributed by atoms with Gasteiger partial charge < -0.3 is 19.9 Å². The van der Waals surface area contributed by atoms with Crippen LogP contribution in [0.5, 0.6) is 0 Å². The van der Waals surface area contributed by atoms with E-state index in [9.17, 15) is 24.3 Å². The van der Waals surface area contributed by atoms with E-state index < -0.39 is 47.6 Å². The van der Waals surface area contributed by atoms with E-state index in [1.807, 2.05) is 18.2 Å². The highest BCUT2D eigenvalue weighted by molar-refractivity contribution is 5.99. The summed E-state index contributed by atoms with van der Waals surface area (Å²) in [6, 6.07) is 25.2. The van der Waals surface area contributed by atoms with Crippen LogP contribution in [0.1, 0.15) is 37.0 Å². The number of carbonyl (C=O) groups excluding carboxylic acids is 3. The van der Waals surface area contributed by atoms with Crippen LogP contribution in [-0.2, 0) is 34.1 Å². The highest BCUT2D eigenvalue weighted by Gasteiger charge is 2.47. The summed E-state index contributed by atoms with van der Waals surface area (Å²) in [5.41, 5.74) is 0.312. The van der Waals surface area contributed by atoms with E-state index in [1.165, 1.54) is 0 Å². The number of amides is 1.